The lowest BCUT2D eigenvalue weighted by molar-refractivity contribution is 0.0238. The van der Waals surface area contributed by atoms with E-state index < -0.39 is 0 Å². The third-order valence-electron chi connectivity index (χ3n) is 4.12. The summed E-state index contributed by atoms with van der Waals surface area (Å²) < 4.78 is 16.6. The number of amides is 1. The van der Waals surface area contributed by atoms with Crippen molar-refractivity contribution in [3.05, 3.63) is 46.7 Å². The van der Waals surface area contributed by atoms with Crippen LogP contribution < -0.4 is 14.8 Å². The molecule has 0 spiro atoms. The van der Waals surface area contributed by atoms with Crippen LogP contribution in [0.2, 0.25) is 5.02 Å². The number of hydrogen-bond donors (Lipinski definition) is 1. The first-order valence-corrected chi connectivity index (χ1v) is 9.69. The van der Waals surface area contributed by atoms with Crippen molar-refractivity contribution in [1.82, 2.24) is 15.3 Å². The van der Waals surface area contributed by atoms with Gasteiger partial charge in [0.05, 0.1) is 24.9 Å². The van der Waals surface area contributed by atoms with E-state index in [0.717, 1.165) is 18.4 Å². The Morgan fingerprint density at radius 3 is 2.71 bits per heavy atom. The zero-order valence-electron chi connectivity index (χ0n) is 16.0. The minimum atomic E-state index is -0.269. The fraction of sp³-hybridized carbons (Fsp3) is 0.450. The second kappa shape index (κ2) is 9.71. The lowest BCUT2D eigenvalue weighted by atomic mass is 10.1. The Morgan fingerprint density at radius 1 is 1.29 bits per heavy atom. The fourth-order valence-corrected chi connectivity index (χ4v) is 2.91. The van der Waals surface area contributed by atoms with E-state index in [4.69, 9.17) is 25.8 Å². The molecule has 0 saturated carbocycles. The van der Waals surface area contributed by atoms with Crippen molar-refractivity contribution in [3.8, 4) is 11.8 Å². The number of hydrogen-bond acceptors (Lipinski definition) is 6. The number of nitrogens with one attached hydrogen (secondary N) is 1. The molecular formula is C20H24ClN3O4. The Kier molecular flexibility index (Phi) is 7.06. The summed E-state index contributed by atoms with van der Waals surface area (Å²) in [5, 5.41) is 3.14. The van der Waals surface area contributed by atoms with Gasteiger partial charge in [-0.1, -0.05) is 17.7 Å². The molecule has 0 atom stereocenters. The third kappa shape index (κ3) is 5.81. The SMILES string of the molecule is CC(C)Oc1ccc(CNC(=O)c2cnc(OC3CCOCC3)c(Cl)c2)cn1. The molecule has 3 rings (SSSR count). The van der Waals surface area contributed by atoms with Crippen molar-refractivity contribution < 1.29 is 19.0 Å². The maximum absolute atomic E-state index is 12.4. The molecule has 1 N–H and O–H groups in total. The number of nitrogens with zero attached hydrogens (tertiary/aromatic N) is 2. The molecule has 0 unspecified atom stereocenters. The van der Waals surface area contributed by atoms with Gasteiger partial charge in [-0.15, -0.1) is 0 Å². The van der Waals surface area contributed by atoms with Crippen LogP contribution >= 0.6 is 11.6 Å². The number of aromatic nitrogens is 2. The zero-order valence-corrected chi connectivity index (χ0v) is 16.7. The standard InChI is InChI=1S/C20H24ClN3O4/c1-13(2)27-18-4-3-14(10-22-18)11-23-19(25)15-9-17(21)20(24-12-15)28-16-5-7-26-8-6-16/h3-4,9-10,12-13,16H,5-8,11H2,1-2H3,(H,23,25). The van der Waals surface area contributed by atoms with Crippen molar-refractivity contribution in [3.63, 3.8) is 0 Å². The summed E-state index contributed by atoms with van der Waals surface area (Å²) in [6.45, 7) is 5.56. The smallest absolute Gasteiger partial charge is 0.253 e. The van der Waals surface area contributed by atoms with Gasteiger partial charge in [-0.05, 0) is 25.5 Å². The molecule has 1 amide bonds. The summed E-state index contributed by atoms with van der Waals surface area (Å²) >= 11 is 6.25. The number of rotatable bonds is 7. The molecular weight excluding hydrogens is 382 g/mol. The molecule has 2 aromatic rings. The van der Waals surface area contributed by atoms with Gasteiger partial charge >= 0.3 is 0 Å². The minimum absolute atomic E-state index is 0.0357. The van der Waals surface area contributed by atoms with Crippen molar-refractivity contribution in [2.24, 2.45) is 0 Å². The molecule has 1 aliphatic heterocycles. The van der Waals surface area contributed by atoms with Crippen molar-refractivity contribution >= 4 is 17.5 Å². The molecule has 0 radical (unpaired) electrons. The van der Waals surface area contributed by atoms with E-state index in [0.29, 0.717) is 42.1 Å². The van der Waals surface area contributed by atoms with Gasteiger partial charge in [-0.3, -0.25) is 4.79 Å². The summed E-state index contributed by atoms with van der Waals surface area (Å²) in [5.74, 6) is 0.630. The first-order valence-electron chi connectivity index (χ1n) is 9.31. The maximum Gasteiger partial charge on any atom is 0.253 e. The highest BCUT2D eigenvalue weighted by molar-refractivity contribution is 6.32. The van der Waals surface area contributed by atoms with Gasteiger partial charge in [-0.2, -0.15) is 0 Å². The topological polar surface area (TPSA) is 82.6 Å². The molecule has 8 heteroatoms. The van der Waals surface area contributed by atoms with Crippen LogP contribution in [0.15, 0.2) is 30.6 Å². The molecule has 1 fully saturated rings. The average molecular weight is 406 g/mol. The van der Waals surface area contributed by atoms with Crippen LogP contribution in [0.1, 0.15) is 42.6 Å². The average Bonchev–Trinajstić information content (AvgIpc) is 2.69. The van der Waals surface area contributed by atoms with Gasteiger partial charge in [0.1, 0.15) is 11.1 Å². The highest BCUT2D eigenvalue weighted by Crippen LogP contribution is 2.25. The molecule has 2 aromatic heterocycles. The highest BCUT2D eigenvalue weighted by Gasteiger charge is 2.18. The van der Waals surface area contributed by atoms with Gasteiger partial charge in [-0.25, -0.2) is 9.97 Å². The minimum Gasteiger partial charge on any atom is -0.475 e. The number of halogens is 1. The van der Waals surface area contributed by atoms with Crippen LogP contribution in [-0.2, 0) is 11.3 Å². The molecule has 1 aliphatic rings. The Hall–Kier alpha value is -2.38. The summed E-state index contributed by atoms with van der Waals surface area (Å²) in [6.07, 6.45) is 4.84. The molecule has 28 heavy (non-hydrogen) atoms. The van der Waals surface area contributed by atoms with Crippen LogP contribution in [0, 0.1) is 0 Å². The van der Waals surface area contributed by atoms with E-state index in [1.165, 1.54) is 6.20 Å². The summed E-state index contributed by atoms with van der Waals surface area (Å²) in [6, 6.07) is 5.21. The molecule has 3 heterocycles. The Morgan fingerprint density at radius 2 is 2.07 bits per heavy atom. The van der Waals surface area contributed by atoms with Gasteiger partial charge < -0.3 is 19.5 Å². The second-order valence-corrected chi connectivity index (χ2v) is 7.20. The van der Waals surface area contributed by atoms with E-state index in [1.54, 1.807) is 18.3 Å². The highest BCUT2D eigenvalue weighted by atomic mass is 35.5. The Bertz CT molecular complexity index is 793. The largest absolute Gasteiger partial charge is 0.475 e. The van der Waals surface area contributed by atoms with E-state index in [1.807, 2.05) is 19.9 Å². The van der Waals surface area contributed by atoms with E-state index >= 15 is 0 Å². The summed E-state index contributed by atoms with van der Waals surface area (Å²) in [5.41, 5.74) is 1.24. The van der Waals surface area contributed by atoms with Crippen LogP contribution in [0.5, 0.6) is 11.8 Å². The lowest BCUT2D eigenvalue weighted by Gasteiger charge is -2.23. The van der Waals surface area contributed by atoms with Gasteiger partial charge in [0.2, 0.25) is 11.8 Å². The van der Waals surface area contributed by atoms with Crippen LogP contribution in [-0.4, -0.2) is 41.3 Å². The third-order valence-corrected chi connectivity index (χ3v) is 4.39. The molecule has 0 aliphatic carbocycles. The molecule has 0 bridgehead atoms. The van der Waals surface area contributed by atoms with E-state index in [9.17, 15) is 4.79 Å². The van der Waals surface area contributed by atoms with Crippen molar-refractivity contribution in [2.75, 3.05) is 13.2 Å². The molecule has 1 saturated heterocycles. The molecule has 0 aromatic carbocycles. The van der Waals surface area contributed by atoms with Crippen molar-refractivity contribution in [1.29, 1.82) is 0 Å². The number of carbonyl (C=O) groups excluding carboxylic acids is 1. The normalized spacial score (nSPS) is 14.7. The predicted molar refractivity (Wildman–Crippen MR) is 105 cm³/mol. The maximum atomic E-state index is 12.4. The van der Waals surface area contributed by atoms with Gasteiger partial charge in [0.15, 0.2) is 0 Å². The number of ether oxygens (including phenoxy) is 3. The Labute approximate surface area is 169 Å². The monoisotopic (exact) mass is 405 g/mol. The number of pyridine rings is 2. The zero-order chi connectivity index (χ0) is 19.9. The first-order chi connectivity index (χ1) is 13.5. The first kappa shape index (κ1) is 20.4. The molecule has 7 nitrogen and oxygen atoms in total. The van der Waals surface area contributed by atoms with E-state index in [2.05, 4.69) is 15.3 Å². The van der Waals surface area contributed by atoms with Gasteiger partial charge in [0.25, 0.3) is 5.91 Å². The van der Waals surface area contributed by atoms with Crippen LogP contribution in [0.4, 0.5) is 0 Å². The van der Waals surface area contributed by atoms with Gasteiger partial charge in [0, 0.05) is 37.8 Å². The second-order valence-electron chi connectivity index (χ2n) is 6.79. The van der Waals surface area contributed by atoms with Crippen LogP contribution in [0.3, 0.4) is 0 Å². The van der Waals surface area contributed by atoms with Crippen LogP contribution in [0.25, 0.3) is 0 Å². The summed E-state index contributed by atoms with van der Waals surface area (Å²) in [4.78, 5) is 20.8. The quantitative estimate of drug-likeness (QED) is 0.760. The summed E-state index contributed by atoms with van der Waals surface area (Å²) in [7, 11) is 0. The van der Waals surface area contributed by atoms with Crippen molar-refractivity contribution in [2.45, 2.75) is 45.4 Å². The predicted octanol–water partition coefficient (Wildman–Crippen LogP) is 3.41. The number of carbonyl (C=O) groups is 1. The molecule has 150 valence electrons. The van der Waals surface area contributed by atoms with E-state index in [-0.39, 0.29) is 18.1 Å². The fourth-order valence-electron chi connectivity index (χ4n) is 2.70. The Balaban J connectivity index is 1.54. The lowest BCUT2D eigenvalue weighted by Crippen LogP contribution is -2.26.